The zero-order valence-electron chi connectivity index (χ0n) is 14.4. The Kier molecular flexibility index (Phi) is 6.98. The van der Waals surface area contributed by atoms with Gasteiger partial charge in [0.1, 0.15) is 10.8 Å². The molecule has 3 N–H and O–H groups in total. The first-order chi connectivity index (χ1) is 12.4. The SMILES string of the molecule is CCOC(=O)Nc1snc(C)c1/C(C)=N/NC(=S)Nc1ccc(F)cc1. The molecule has 0 saturated carbocycles. The van der Waals surface area contributed by atoms with Crippen LogP contribution in [0, 0.1) is 12.7 Å². The number of nitrogens with zero attached hydrogens (tertiary/aromatic N) is 2. The van der Waals surface area contributed by atoms with Crippen LogP contribution < -0.4 is 16.1 Å². The van der Waals surface area contributed by atoms with Gasteiger partial charge >= 0.3 is 6.09 Å². The highest BCUT2D eigenvalue weighted by Crippen LogP contribution is 2.25. The van der Waals surface area contributed by atoms with E-state index in [0.717, 1.165) is 17.2 Å². The van der Waals surface area contributed by atoms with Gasteiger partial charge in [0.25, 0.3) is 0 Å². The van der Waals surface area contributed by atoms with Crippen LogP contribution in [0.4, 0.5) is 19.9 Å². The molecule has 0 spiro atoms. The van der Waals surface area contributed by atoms with Gasteiger partial charge in [-0.25, -0.2) is 9.18 Å². The van der Waals surface area contributed by atoms with Crippen LogP contribution in [0.25, 0.3) is 0 Å². The lowest BCUT2D eigenvalue weighted by atomic mass is 10.2. The molecular formula is C16H18FN5O2S2. The molecule has 26 heavy (non-hydrogen) atoms. The van der Waals surface area contributed by atoms with E-state index in [9.17, 15) is 9.18 Å². The maximum absolute atomic E-state index is 12.9. The Hall–Kier alpha value is -2.59. The first-order valence-electron chi connectivity index (χ1n) is 7.68. The molecule has 10 heteroatoms. The van der Waals surface area contributed by atoms with Crippen LogP contribution in [0.3, 0.4) is 0 Å². The fourth-order valence-corrected chi connectivity index (χ4v) is 3.02. The molecular weight excluding hydrogens is 377 g/mol. The zero-order chi connectivity index (χ0) is 19.1. The highest BCUT2D eigenvalue weighted by atomic mass is 32.1. The van der Waals surface area contributed by atoms with Crippen molar-refractivity contribution in [3.05, 3.63) is 41.3 Å². The summed E-state index contributed by atoms with van der Waals surface area (Å²) in [5.74, 6) is -0.328. The number of halogens is 1. The van der Waals surface area contributed by atoms with E-state index in [1.807, 2.05) is 6.92 Å². The topological polar surface area (TPSA) is 87.6 Å². The van der Waals surface area contributed by atoms with Crippen molar-refractivity contribution in [1.82, 2.24) is 9.80 Å². The van der Waals surface area contributed by atoms with Crippen molar-refractivity contribution in [3.8, 4) is 0 Å². The Balaban J connectivity index is 2.04. The van der Waals surface area contributed by atoms with Gasteiger partial charge < -0.3 is 10.1 Å². The lowest BCUT2D eigenvalue weighted by molar-refractivity contribution is 0.168. The second kappa shape index (κ2) is 9.20. The minimum atomic E-state index is -0.549. The molecule has 0 aliphatic carbocycles. The number of hydrazone groups is 1. The Labute approximate surface area is 159 Å². The number of amides is 1. The minimum Gasteiger partial charge on any atom is -0.450 e. The van der Waals surface area contributed by atoms with E-state index in [1.165, 1.54) is 12.1 Å². The summed E-state index contributed by atoms with van der Waals surface area (Å²) in [6.07, 6.45) is -0.549. The Morgan fingerprint density at radius 1 is 1.35 bits per heavy atom. The molecule has 0 bridgehead atoms. The third-order valence-corrected chi connectivity index (χ3v) is 4.19. The second-order valence-corrected chi connectivity index (χ2v) is 6.27. The number of anilines is 2. The van der Waals surface area contributed by atoms with Crippen molar-refractivity contribution in [1.29, 1.82) is 0 Å². The highest BCUT2D eigenvalue weighted by molar-refractivity contribution is 7.80. The van der Waals surface area contributed by atoms with Crippen LogP contribution in [0.15, 0.2) is 29.4 Å². The maximum Gasteiger partial charge on any atom is 0.412 e. The third kappa shape index (κ3) is 5.46. The summed E-state index contributed by atoms with van der Waals surface area (Å²) in [6, 6.07) is 5.78. The van der Waals surface area contributed by atoms with Crippen LogP contribution in [-0.4, -0.2) is 27.9 Å². The Morgan fingerprint density at radius 3 is 2.69 bits per heavy atom. The van der Waals surface area contributed by atoms with Gasteiger partial charge in [0.15, 0.2) is 5.11 Å². The Bertz CT molecular complexity index is 821. The number of aromatic nitrogens is 1. The maximum atomic E-state index is 12.9. The normalized spacial score (nSPS) is 11.0. The lowest BCUT2D eigenvalue weighted by Gasteiger charge is -2.09. The molecule has 1 aromatic heterocycles. The van der Waals surface area contributed by atoms with Gasteiger partial charge in [-0.3, -0.25) is 10.7 Å². The van der Waals surface area contributed by atoms with Gasteiger partial charge in [0, 0.05) is 5.69 Å². The van der Waals surface area contributed by atoms with Crippen molar-refractivity contribution in [3.63, 3.8) is 0 Å². The fraction of sp³-hybridized carbons (Fsp3) is 0.250. The summed E-state index contributed by atoms with van der Waals surface area (Å²) in [6.45, 7) is 5.58. The van der Waals surface area contributed by atoms with E-state index in [2.05, 4.69) is 25.5 Å². The molecule has 2 rings (SSSR count). The second-order valence-electron chi connectivity index (χ2n) is 5.09. The largest absolute Gasteiger partial charge is 0.450 e. The van der Waals surface area contributed by atoms with Crippen molar-refractivity contribution >= 4 is 51.4 Å². The van der Waals surface area contributed by atoms with Crippen molar-refractivity contribution in [2.24, 2.45) is 5.10 Å². The zero-order valence-corrected chi connectivity index (χ0v) is 16.1. The smallest absolute Gasteiger partial charge is 0.412 e. The van der Waals surface area contributed by atoms with Gasteiger partial charge in [-0.1, -0.05) is 0 Å². The number of thiocarbonyl (C=S) groups is 1. The molecule has 0 aliphatic rings. The third-order valence-electron chi connectivity index (χ3n) is 3.14. The van der Waals surface area contributed by atoms with Gasteiger partial charge in [0.05, 0.1) is 23.6 Å². The summed E-state index contributed by atoms with van der Waals surface area (Å²) in [4.78, 5) is 11.6. The molecule has 1 heterocycles. The number of carbonyl (C=O) groups excluding carboxylic acids is 1. The molecule has 0 aliphatic heterocycles. The molecule has 0 unspecified atom stereocenters. The predicted molar refractivity (Wildman–Crippen MR) is 105 cm³/mol. The average Bonchev–Trinajstić information content (AvgIpc) is 2.95. The predicted octanol–water partition coefficient (Wildman–Crippen LogP) is 3.87. The van der Waals surface area contributed by atoms with Crippen molar-refractivity contribution in [2.75, 3.05) is 17.2 Å². The van der Waals surface area contributed by atoms with Crippen LogP contribution in [0.2, 0.25) is 0 Å². The first kappa shape index (κ1) is 19.7. The van der Waals surface area contributed by atoms with E-state index >= 15 is 0 Å². The van der Waals surface area contributed by atoms with Crippen LogP contribution >= 0.6 is 23.8 Å². The minimum absolute atomic E-state index is 0.247. The molecule has 7 nitrogen and oxygen atoms in total. The number of rotatable bonds is 5. The van der Waals surface area contributed by atoms with Gasteiger partial charge in [-0.2, -0.15) is 9.47 Å². The number of hydrogen-bond donors (Lipinski definition) is 3. The number of ether oxygens (including phenoxy) is 1. The van der Waals surface area contributed by atoms with Crippen molar-refractivity contribution < 1.29 is 13.9 Å². The molecule has 0 fully saturated rings. The summed E-state index contributed by atoms with van der Waals surface area (Å²) in [5.41, 5.74) is 5.36. The molecule has 138 valence electrons. The molecule has 0 atom stereocenters. The van der Waals surface area contributed by atoms with Crippen LogP contribution in [0.1, 0.15) is 25.1 Å². The van der Waals surface area contributed by atoms with E-state index in [0.29, 0.717) is 22.0 Å². The standard InChI is InChI=1S/C16H18FN5O2S2/c1-4-24-16(23)19-14-13(10(3)22-26-14)9(2)20-21-15(25)18-12-7-5-11(17)6-8-12/h5-8H,4H2,1-3H3,(H,19,23)(H2,18,21,25)/b20-9+. The summed E-state index contributed by atoms with van der Waals surface area (Å²) in [5, 5.41) is 10.5. The average molecular weight is 395 g/mol. The van der Waals surface area contributed by atoms with Crippen molar-refractivity contribution in [2.45, 2.75) is 20.8 Å². The molecule has 2 aromatic rings. The summed E-state index contributed by atoms with van der Waals surface area (Å²) in [7, 11) is 0. The number of nitrogens with one attached hydrogen (secondary N) is 3. The molecule has 1 amide bonds. The van der Waals surface area contributed by atoms with E-state index in [4.69, 9.17) is 17.0 Å². The number of benzene rings is 1. The van der Waals surface area contributed by atoms with Gasteiger partial charge in [-0.05, 0) is 68.8 Å². The number of hydrogen-bond acceptors (Lipinski definition) is 6. The van der Waals surface area contributed by atoms with E-state index in [1.54, 1.807) is 26.0 Å². The fourth-order valence-electron chi connectivity index (χ4n) is 2.02. The van der Waals surface area contributed by atoms with E-state index in [-0.39, 0.29) is 17.5 Å². The molecule has 0 radical (unpaired) electrons. The van der Waals surface area contributed by atoms with E-state index < -0.39 is 6.09 Å². The monoisotopic (exact) mass is 395 g/mol. The Morgan fingerprint density at radius 2 is 2.04 bits per heavy atom. The highest BCUT2D eigenvalue weighted by Gasteiger charge is 2.16. The number of carbonyl (C=O) groups is 1. The van der Waals surface area contributed by atoms with Gasteiger partial charge in [-0.15, -0.1) is 0 Å². The summed E-state index contributed by atoms with van der Waals surface area (Å²) >= 11 is 6.30. The quantitative estimate of drug-likeness (QED) is 0.405. The van der Waals surface area contributed by atoms with Crippen LogP contribution in [0.5, 0.6) is 0 Å². The van der Waals surface area contributed by atoms with Crippen LogP contribution in [-0.2, 0) is 4.74 Å². The summed E-state index contributed by atoms with van der Waals surface area (Å²) < 4.78 is 22.0. The lowest BCUT2D eigenvalue weighted by Crippen LogP contribution is -2.25. The molecule has 0 saturated heterocycles. The first-order valence-corrected chi connectivity index (χ1v) is 8.86. The van der Waals surface area contributed by atoms with Gasteiger partial charge in [0.2, 0.25) is 0 Å². The molecule has 1 aromatic carbocycles. The number of aryl methyl sites for hydroxylation is 1.